The lowest BCUT2D eigenvalue weighted by molar-refractivity contribution is -0.145. The summed E-state index contributed by atoms with van der Waals surface area (Å²) in [6.45, 7) is 5.01. The van der Waals surface area contributed by atoms with Crippen molar-refractivity contribution in [2.24, 2.45) is 11.3 Å². The molecular formula is C16H18F3NO2. The molecule has 1 aliphatic heterocycles. The van der Waals surface area contributed by atoms with Gasteiger partial charge in [-0.3, -0.25) is 14.5 Å². The maximum atomic E-state index is 13.0. The first-order valence-corrected chi connectivity index (χ1v) is 7.07. The van der Waals surface area contributed by atoms with Crippen LogP contribution in [0.25, 0.3) is 0 Å². The van der Waals surface area contributed by atoms with Crippen molar-refractivity contribution in [1.29, 1.82) is 0 Å². The standard InChI is InChI=1S/C16H18F3NO2/c1-10(2)15(3)8-13(21)20(14(15)22)9-11-6-4-5-7-12(11)16(17,18)19/h4-7,10H,8-9H2,1-3H3. The Hall–Kier alpha value is -1.85. The summed E-state index contributed by atoms with van der Waals surface area (Å²) in [5, 5.41) is 0. The molecule has 1 aliphatic rings. The van der Waals surface area contributed by atoms with E-state index < -0.39 is 29.0 Å². The Bertz CT molecular complexity index is 610. The molecule has 0 spiro atoms. The molecule has 0 N–H and O–H groups in total. The van der Waals surface area contributed by atoms with E-state index in [4.69, 9.17) is 0 Å². The van der Waals surface area contributed by atoms with Crippen molar-refractivity contribution < 1.29 is 22.8 Å². The molecule has 0 aromatic heterocycles. The van der Waals surface area contributed by atoms with E-state index in [0.29, 0.717) is 0 Å². The van der Waals surface area contributed by atoms with E-state index in [1.54, 1.807) is 6.92 Å². The van der Waals surface area contributed by atoms with Crippen LogP contribution in [0, 0.1) is 11.3 Å². The highest BCUT2D eigenvalue weighted by atomic mass is 19.4. The molecule has 0 bridgehead atoms. The predicted molar refractivity (Wildman–Crippen MR) is 74.6 cm³/mol. The normalized spacial score (nSPS) is 22.8. The van der Waals surface area contributed by atoms with Crippen molar-refractivity contribution in [3.63, 3.8) is 0 Å². The number of halogens is 3. The minimum atomic E-state index is -4.51. The third kappa shape index (κ3) is 2.74. The second-order valence-electron chi connectivity index (χ2n) is 6.19. The lowest BCUT2D eigenvalue weighted by Crippen LogP contribution is -2.36. The van der Waals surface area contributed by atoms with Crippen LogP contribution in [0.5, 0.6) is 0 Å². The number of benzene rings is 1. The molecule has 6 heteroatoms. The minimum absolute atomic E-state index is 0.0394. The second-order valence-corrected chi connectivity index (χ2v) is 6.19. The van der Waals surface area contributed by atoms with Gasteiger partial charge in [-0.15, -0.1) is 0 Å². The Morgan fingerprint density at radius 3 is 2.32 bits per heavy atom. The van der Waals surface area contributed by atoms with Gasteiger partial charge < -0.3 is 0 Å². The van der Waals surface area contributed by atoms with Crippen LogP contribution in [0.2, 0.25) is 0 Å². The van der Waals surface area contributed by atoms with Crippen molar-refractivity contribution in [3.8, 4) is 0 Å². The van der Waals surface area contributed by atoms with E-state index in [1.165, 1.54) is 18.2 Å². The van der Waals surface area contributed by atoms with Crippen molar-refractivity contribution in [3.05, 3.63) is 35.4 Å². The van der Waals surface area contributed by atoms with Crippen molar-refractivity contribution in [1.82, 2.24) is 4.90 Å². The van der Waals surface area contributed by atoms with Crippen LogP contribution in [0.1, 0.15) is 38.3 Å². The molecule has 1 aromatic rings. The summed E-state index contributed by atoms with van der Waals surface area (Å²) in [5.41, 5.74) is -1.72. The molecule has 1 saturated heterocycles. The van der Waals surface area contributed by atoms with Gasteiger partial charge in [0.2, 0.25) is 11.8 Å². The monoisotopic (exact) mass is 313 g/mol. The lowest BCUT2D eigenvalue weighted by atomic mass is 9.78. The molecule has 1 unspecified atom stereocenters. The summed E-state index contributed by atoms with van der Waals surface area (Å²) in [6.07, 6.45) is -4.47. The van der Waals surface area contributed by atoms with E-state index in [1.807, 2.05) is 13.8 Å². The molecule has 0 saturated carbocycles. The van der Waals surface area contributed by atoms with E-state index in [0.717, 1.165) is 11.0 Å². The van der Waals surface area contributed by atoms with Gasteiger partial charge >= 0.3 is 6.18 Å². The summed E-state index contributed by atoms with van der Waals surface area (Å²) in [5.74, 6) is -0.880. The van der Waals surface area contributed by atoms with Gasteiger partial charge in [-0.25, -0.2) is 0 Å². The molecule has 3 nitrogen and oxygen atoms in total. The first kappa shape index (κ1) is 16.5. The Morgan fingerprint density at radius 1 is 1.23 bits per heavy atom. The molecule has 2 amide bonds. The molecule has 1 atom stereocenters. The maximum absolute atomic E-state index is 13.0. The van der Waals surface area contributed by atoms with Crippen LogP contribution in [0.4, 0.5) is 13.2 Å². The van der Waals surface area contributed by atoms with Gasteiger partial charge in [-0.05, 0) is 24.5 Å². The smallest absolute Gasteiger partial charge is 0.278 e. The van der Waals surface area contributed by atoms with Gasteiger partial charge in [-0.2, -0.15) is 13.2 Å². The van der Waals surface area contributed by atoms with Crippen LogP contribution >= 0.6 is 0 Å². The van der Waals surface area contributed by atoms with Crippen LogP contribution in [-0.2, 0) is 22.3 Å². The quantitative estimate of drug-likeness (QED) is 0.799. The minimum Gasteiger partial charge on any atom is -0.278 e. The number of carbonyl (C=O) groups is 2. The third-order valence-electron chi connectivity index (χ3n) is 4.48. The molecule has 120 valence electrons. The molecule has 22 heavy (non-hydrogen) atoms. The van der Waals surface area contributed by atoms with E-state index in [2.05, 4.69) is 0 Å². The van der Waals surface area contributed by atoms with E-state index in [-0.39, 0.29) is 24.4 Å². The highest BCUT2D eigenvalue weighted by Crippen LogP contribution is 2.40. The number of alkyl halides is 3. The molecule has 1 fully saturated rings. The Balaban J connectivity index is 2.33. The number of nitrogens with zero attached hydrogens (tertiary/aromatic N) is 1. The third-order valence-corrected chi connectivity index (χ3v) is 4.48. The van der Waals surface area contributed by atoms with Crippen molar-refractivity contribution in [2.45, 2.75) is 39.9 Å². The summed E-state index contributed by atoms with van der Waals surface area (Å²) in [7, 11) is 0. The number of amides is 2. The fourth-order valence-electron chi connectivity index (χ4n) is 2.62. The zero-order valence-corrected chi connectivity index (χ0v) is 12.7. The summed E-state index contributed by atoms with van der Waals surface area (Å²) >= 11 is 0. The Morgan fingerprint density at radius 2 is 1.82 bits per heavy atom. The van der Waals surface area contributed by atoms with Crippen molar-refractivity contribution in [2.75, 3.05) is 0 Å². The first-order valence-electron chi connectivity index (χ1n) is 7.07. The topological polar surface area (TPSA) is 37.4 Å². The number of hydrogen-bond acceptors (Lipinski definition) is 2. The van der Waals surface area contributed by atoms with Crippen LogP contribution < -0.4 is 0 Å². The fourth-order valence-corrected chi connectivity index (χ4v) is 2.62. The summed E-state index contributed by atoms with van der Waals surface area (Å²) < 4.78 is 39.0. The van der Waals surface area contributed by atoms with Gasteiger partial charge in [0, 0.05) is 6.42 Å². The average Bonchev–Trinajstić information content (AvgIpc) is 2.63. The fraction of sp³-hybridized carbons (Fsp3) is 0.500. The largest absolute Gasteiger partial charge is 0.416 e. The Kier molecular flexibility index (Phi) is 4.06. The second kappa shape index (κ2) is 5.41. The maximum Gasteiger partial charge on any atom is 0.416 e. The van der Waals surface area contributed by atoms with Gasteiger partial charge in [0.05, 0.1) is 17.5 Å². The van der Waals surface area contributed by atoms with E-state index in [9.17, 15) is 22.8 Å². The Labute approximate surface area is 127 Å². The highest BCUT2D eigenvalue weighted by molar-refractivity contribution is 6.05. The molecule has 1 aromatic carbocycles. The predicted octanol–water partition coefficient (Wildman–Crippen LogP) is 3.63. The SMILES string of the molecule is CC(C)C1(C)CC(=O)N(Cc2ccccc2C(F)(F)F)C1=O. The number of likely N-dealkylation sites (tertiary alicyclic amines) is 1. The van der Waals surface area contributed by atoms with Gasteiger partial charge in [-0.1, -0.05) is 32.0 Å². The number of hydrogen-bond donors (Lipinski definition) is 0. The average molecular weight is 313 g/mol. The number of carbonyl (C=O) groups excluding carboxylic acids is 2. The molecule has 1 heterocycles. The van der Waals surface area contributed by atoms with Gasteiger partial charge in [0.1, 0.15) is 0 Å². The number of rotatable bonds is 3. The van der Waals surface area contributed by atoms with Gasteiger partial charge in [0.15, 0.2) is 0 Å². The van der Waals surface area contributed by atoms with Crippen molar-refractivity contribution >= 4 is 11.8 Å². The molecule has 2 rings (SSSR count). The zero-order valence-electron chi connectivity index (χ0n) is 12.7. The number of imide groups is 1. The van der Waals surface area contributed by atoms with Crippen LogP contribution in [0.3, 0.4) is 0 Å². The zero-order chi connectivity index (χ0) is 16.7. The van der Waals surface area contributed by atoms with Gasteiger partial charge in [0.25, 0.3) is 0 Å². The lowest BCUT2D eigenvalue weighted by Gasteiger charge is -2.26. The van der Waals surface area contributed by atoms with Crippen LogP contribution in [0.15, 0.2) is 24.3 Å². The molecule has 0 radical (unpaired) electrons. The van der Waals surface area contributed by atoms with Crippen LogP contribution in [-0.4, -0.2) is 16.7 Å². The summed E-state index contributed by atoms with van der Waals surface area (Å²) in [6, 6.07) is 5.02. The first-order chi connectivity index (χ1) is 10.1. The highest BCUT2D eigenvalue weighted by Gasteiger charge is 2.50. The summed E-state index contributed by atoms with van der Waals surface area (Å²) in [4.78, 5) is 25.5. The molecule has 0 aliphatic carbocycles. The van der Waals surface area contributed by atoms with E-state index >= 15 is 0 Å². The molecular weight excluding hydrogens is 295 g/mol.